The first-order chi connectivity index (χ1) is 9.10. The number of halogens is 2. The monoisotopic (exact) mass is 297 g/mol. The molecule has 2 aromatic rings. The van der Waals surface area contributed by atoms with Crippen LogP contribution in [0.15, 0.2) is 41.3 Å². The maximum Gasteiger partial charge on any atom is 0.134 e. The number of thioether (sulfide) groups is 1. The highest BCUT2D eigenvalue weighted by Gasteiger charge is 2.08. The number of hydrogen-bond acceptors (Lipinski definition) is 3. The summed E-state index contributed by atoms with van der Waals surface area (Å²) in [4.78, 5) is 0.913. The molecule has 0 aromatic heterocycles. The van der Waals surface area contributed by atoms with Crippen molar-refractivity contribution < 1.29 is 9.13 Å². The molecule has 0 saturated carbocycles. The summed E-state index contributed by atoms with van der Waals surface area (Å²) >= 11 is 7.34. The molecule has 19 heavy (non-hydrogen) atoms. The summed E-state index contributed by atoms with van der Waals surface area (Å²) in [5.41, 5.74) is 6.89. The quantitative estimate of drug-likeness (QED) is 0.672. The van der Waals surface area contributed by atoms with Crippen molar-refractivity contribution in [2.75, 3.05) is 12.8 Å². The summed E-state index contributed by atoms with van der Waals surface area (Å²) in [5, 5.41) is 0.529. The maximum absolute atomic E-state index is 13.6. The molecule has 0 aliphatic heterocycles. The molecule has 0 fully saturated rings. The third kappa shape index (κ3) is 3.55. The van der Waals surface area contributed by atoms with E-state index in [9.17, 15) is 4.39 Å². The zero-order valence-electron chi connectivity index (χ0n) is 10.3. The van der Waals surface area contributed by atoms with Crippen LogP contribution in [-0.2, 0) is 5.75 Å². The minimum absolute atomic E-state index is 0.258. The zero-order chi connectivity index (χ0) is 13.8. The Morgan fingerprint density at radius 3 is 2.79 bits per heavy atom. The second kappa shape index (κ2) is 6.17. The maximum atomic E-state index is 13.6. The summed E-state index contributed by atoms with van der Waals surface area (Å²) in [5.74, 6) is 0.908. The number of hydrogen-bond donors (Lipinski definition) is 1. The number of anilines is 1. The minimum Gasteiger partial charge on any atom is -0.496 e. The van der Waals surface area contributed by atoms with Gasteiger partial charge in [0.2, 0.25) is 0 Å². The van der Waals surface area contributed by atoms with Gasteiger partial charge in [0, 0.05) is 27.4 Å². The predicted molar refractivity (Wildman–Crippen MR) is 78.4 cm³/mol. The molecule has 0 radical (unpaired) electrons. The molecule has 0 aliphatic carbocycles. The van der Waals surface area contributed by atoms with Crippen molar-refractivity contribution in [3.8, 4) is 5.75 Å². The summed E-state index contributed by atoms with van der Waals surface area (Å²) in [7, 11) is 1.58. The third-order valence-electron chi connectivity index (χ3n) is 2.58. The van der Waals surface area contributed by atoms with Crippen molar-refractivity contribution >= 4 is 29.1 Å². The standard InChI is InChI=1S/C14H13ClFNOS/c1-18-13-7-11(17)3-5-14(13)19-8-9-6-10(15)2-4-12(9)16/h2-7H,8,17H2,1H3. The Kier molecular flexibility index (Phi) is 4.56. The van der Waals surface area contributed by atoms with E-state index in [0.717, 1.165) is 4.90 Å². The van der Waals surface area contributed by atoms with E-state index in [1.807, 2.05) is 6.07 Å². The lowest BCUT2D eigenvalue weighted by atomic mass is 10.2. The van der Waals surface area contributed by atoms with Gasteiger partial charge in [-0.05, 0) is 35.9 Å². The fourth-order valence-corrected chi connectivity index (χ4v) is 2.79. The molecule has 0 saturated heterocycles. The van der Waals surface area contributed by atoms with Crippen LogP contribution in [0, 0.1) is 5.82 Å². The first kappa shape index (κ1) is 14.0. The van der Waals surface area contributed by atoms with Crippen LogP contribution in [-0.4, -0.2) is 7.11 Å². The predicted octanol–water partition coefficient (Wildman–Crippen LogP) is 4.36. The minimum atomic E-state index is -0.258. The number of rotatable bonds is 4. The largest absolute Gasteiger partial charge is 0.496 e. The Labute approximate surface area is 120 Å². The molecule has 0 spiro atoms. The van der Waals surface area contributed by atoms with Crippen molar-refractivity contribution in [2.45, 2.75) is 10.6 Å². The van der Waals surface area contributed by atoms with Crippen molar-refractivity contribution in [3.05, 3.63) is 52.8 Å². The highest BCUT2D eigenvalue weighted by atomic mass is 35.5. The third-order valence-corrected chi connectivity index (χ3v) is 3.92. The SMILES string of the molecule is COc1cc(N)ccc1SCc1cc(Cl)ccc1F. The van der Waals surface area contributed by atoms with E-state index in [4.69, 9.17) is 22.1 Å². The molecule has 2 N–H and O–H groups in total. The Morgan fingerprint density at radius 2 is 2.05 bits per heavy atom. The second-order valence-electron chi connectivity index (χ2n) is 3.93. The number of methoxy groups -OCH3 is 1. The van der Waals surface area contributed by atoms with Gasteiger partial charge in [0.05, 0.1) is 7.11 Å². The fraction of sp³-hybridized carbons (Fsp3) is 0.143. The number of nitrogens with two attached hydrogens (primary N) is 1. The normalized spacial score (nSPS) is 10.5. The van der Waals surface area contributed by atoms with Gasteiger partial charge in [-0.15, -0.1) is 11.8 Å². The molecule has 2 aromatic carbocycles. The molecule has 5 heteroatoms. The van der Waals surface area contributed by atoms with Crippen LogP contribution in [0.3, 0.4) is 0 Å². The van der Waals surface area contributed by atoms with E-state index < -0.39 is 0 Å². The summed E-state index contributed by atoms with van der Waals surface area (Å²) in [6, 6.07) is 9.94. The van der Waals surface area contributed by atoms with E-state index in [-0.39, 0.29) is 5.82 Å². The number of nitrogen functional groups attached to an aromatic ring is 1. The van der Waals surface area contributed by atoms with E-state index >= 15 is 0 Å². The van der Waals surface area contributed by atoms with Gasteiger partial charge in [-0.2, -0.15) is 0 Å². The Hall–Kier alpha value is -1.39. The van der Waals surface area contributed by atoms with Gasteiger partial charge in [-0.1, -0.05) is 11.6 Å². The van der Waals surface area contributed by atoms with Gasteiger partial charge in [0.25, 0.3) is 0 Å². The van der Waals surface area contributed by atoms with Crippen molar-refractivity contribution in [3.63, 3.8) is 0 Å². The van der Waals surface area contributed by atoms with Gasteiger partial charge >= 0.3 is 0 Å². The van der Waals surface area contributed by atoms with Crippen LogP contribution < -0.4 is 10.5 Å². The van der Waals surface area contributed by atoms with Gasteiger partial charge in [0.15, 0.2) is 0 Å². The molecule has 100 valence electrons. The summed E-state index contributed by atoms with van der Waals surface area (Å²) in [6.07, 6.45) is 0. The van der Waals surface area contributed by atoms with Gasteiger partial charge in [-0.25, -0.2) is 4.39 Å². The van der Waals surface area contributed by atoms with Crippen LogP contribution in [0.25, 0.3) is 0 Å². The first-order valence-corrected chi connectivity index (χ1v) is 6.96. The van der Waals surface area contributed by atoms with Crippen LogP contribution in [0.2, 0.25) is 5.02 Å². The highest BCUT2D eigenvalue weighted by molar-refractivity contribution is 7.98. The van der Waals surface area contributed by atoms with Gasteiger partial charge in [-0.3, -0.25) is 0 Å². The first-order valence-electron chi connectivity index (χ1n) is 5.60. The van der Waals surface area contributed by atoms with Gasteiger partial charge in [0.1, 0.15) is 11.6 Å². The fourth-order valence-electron chi connectivity index (χ4n) is 1.61. The average Bonchev–Trinajstić information content (AvgIpc) is 2.40. The molecule has 0 aliphatic rings. The molecular formula is C14H13ClFNOS. The molecule has 0 amide bonds. The molecule has 2 rings (SSSR count). The molecular weight excluding hydrogens is 285 g/mol. The average molecular weight is 298 g/mol. The second-order valence-corrected chi connectivity index (χ2v) is 5.39. The molecule has 2 nitrogen and oxygen atoms in total. The highest BCUT2D eigenvalue weighted by Crippen LogP contribution is 2.33. The van der Waals surface area contributed by atoms with Crippen LogP contribution in [0.5, 0.6) is 5.75 Å². The van der Waals surface area contributed by atoms with E-state index in [1.165, 1.54) is 23.9 Å². The Morgan fingerprint density at radius 1 is 1.26 bits per heavy atom. The smallest absolute Gasteiger partial charge is 0.134 e. The van der Waals surface area contributed by atoms with Crippen molar-refractivity contribution in [1.82, 2.24) is 0 Å². The van der Waals surface area contributed by atoms with Gasteiger partial charge < -0.3 is 10.5 Å². The van der Waals surface area contributed by atoms with Crippen molar-refractivity contribution in [2.24, 2.45) is 0 Å². The molecule has 0 bridgehead atoms. The number of benzene rings is 2. The molecule has 0 unspecified atom stereocenters. The molecule has 0 atom stereocenters. The number of ether oxygens (including phenoxy) is 1. The Bertz CT molecular complexity index is 592. The van der Waals surface area contributed by atoms with E-state index in [0.29, 0.717) is 27.8 Å². The topological polar surface area (TPSA) is 35.2 Å². The lowest BCUT2D eigenvalue weighted by Gasteiger charge is -2.09. The Balaban J connectivity index is 2.16. The zero-order valence-corrected chi connectivity index (χ0v) is 11.9. The van der Waals surface area contributed by atoms with Crippen LogP contribution in [0.4, 0.5) is 10.1 Å². The summed E-state index contributed by atoms with van der Waals surface area (Å²) < 4.78 is 18.8. The van der Waals surface area contributed by atoms with Crippen LogP contribution >= 0.6 is 23.4 Å². The van der Waals surface area contributed by atoms with Crippen molar-refractivity contribution in [1.29, 1.82) is 0 Å². The lowest BCUT2D eigenvalue weighted by Crippen LogP contribution is -1.92. The lowest BCUT2D eigenvalue weighted by molar-refractivity contribution is 0.405. The van der Waals surface area contributed by atoms with E-state index in [2.05, 4.69) is 0 Å². The van der Waals surface area contributed by atoms with E-state index in [1.54, 1.807) is 25.3 Å². The van der Waals surface area contributed by atoms with Crippen LogP contribution in [0.1, 0.15) is 5.56 Å². The molecule has 0 heterocycles. The summed E-state index contributed by atoms with van der Waals surface area (Å²) in [6.45, 7) is 0.